The van der Waals surface area contributed by atoms with Gasteiger partial charge in [0.15, 0.2) is 0 Å². The summed E-state index contributed by atoms with van der Waals surface area (Å²) in [5.41, 5.74) is 1.02. The smallest absolute Gasteiger partial charge is 0.319 e. The second-order valence-corrected chi connectivity index (χ2v) is 6.03. The topological polar surface area (TPSA) is 53.6 Å². The lowest BCUT2D eigenvalue weighted by Crippen LogP contribution is -2.44. The van der Waals surface area contributed by atoms with Gasteiger partial charge in [-0.05, 0) is 17.7 Å². The number of urea groups is 1. The molecule has 1 heterocycles. The maximum absolute atomic E-state index is 13.7. The lowest BCUT2D eigenvalue weighted by Gasteiger charge is -2.34. The highest BCUT2D eigenvalue weighted by Gasteiger charge is 2.23. The first-order valence-corrected chi connectivity index (χ1v) is 8.50. The molecule has 26 heavy (non-hydrogen) atoms. The Labute approximate surface area is 151 Å². The number of benzene rings is 2. The summed E-state index contributed by atoms with van der Waals surface area (Å²) >= 11 is 0. The van der Waals surface area contributed by atoms with Crippen LogP contribution in [0.3, 0.4) is 0 Å². The van der Waals surface area contributed by atoms with E-state index >= 15 is 0 Å². The summed E-state index contributed by atoms with van der Waals surface area (Å²) in [5, 5.41) is 5.19. The fourth-order valence-electron chi connectivity index (χ4n) is 2.97. The molecule has 1 saturated heterocycles. The summed E-state index contributed by atoms with van der Waals surface area (Å²) in [7, 11) is 0. The minimum atomic E-state index is -0.812. The molecule has 2 amide bonds. The second-order valence-electron chi connectivity index (χ2n) is 6.03. The van der Waals surface area contributed by atoms with Crippen molar-refractivity contribution in [2.45, 2.75) is 6.04 Å². The number of morpholine rings is 1. The molecule has 7 heteroatoms. The predicted molar refractivity (Wildman–Crippen MR) is 95.0 cm³/mol. The summed E-state index contributed by atoms with van der Waals surface area (Å²) in [6.45, 7) is 3.20. The zero-order chi connectivity index (χ0) is 18.4. The van der Waals surface area contributed by atoms with Crippen LogP contribution in [0.1, 0.15) is 11.6 Å². The number of carbonyl (C=O) groups is 1. The first-order chi connectivity index (χ1) is 12.6. The molecular formula is C19H21F2N3O2. The molecule has 1 aliphatic heterocycles. The molecule has 0 bridgehead atoms. The van der Waals surface area contributed by atoms with E-state index in [-0.39, 0.29) is 11.7 Å². The fraction of sp³-hybridized carbons (Fsp3) is 0.316. The SMILES string of the molecule is O=C(NCC(c1ccccc1)N1CCOCC1)Nc1ccc(F)cc1F. The van der Waals surface area contributed by atoms with E-state index in [9.17, 15) is 13.6 Å². The highest BCUT2D eigenvalue weighted by molar-refractivity contribution is 5.89. The molecule has 5 nitrogen and oxygen atoms in total. The van der Waals surface area contributed by atoms with Crippen LogP contribution < -0.4 is 10.6 Å². The van der Waals surface area contributed by atoms with Gasteiger partial charge in [-0.3, -0.25) is 4.90 Å². The highest BCUT2D eigenvalue weighted by Crippen LogP contribution is 2.21. The third-order valence-corrected chi connectivity index (χ3v) is 4.31. The Balaban J connectivity index is 1.64. The molecule has 2 aromatic rings. The quantitative estimate of drug-likeness (QED) is 0.860. The second kappa shape index (κ2) is 8.73. The van der Waals surface area contributed by atoms with E-state index in [1.807, 2.05) is 30.3 Å². The first-order valence-electron chi connectivity index (χ1n) is 8.50. The summed E-state index contributed by atoms with van der Waals surface area (Å²) in [4.78, 5) is 14.4. The lowest BCUT2D eigenvalue weighted by atomic mass is 10.0. The standard InChI is InChI=1S/C19H21F2N3O2/c20-15-6-7-17(16(21)12-15)23-19(25)22-13-18(14-4-2-1-3-5-14)24-8-10-26-11-9-24/h1-7,12,18H,8-11,13H2,(H2,22,23,25). The summed E-state index contributed by atoms with van der Waals surface area (Å²) in [5.74, 6) is -1.50. The van der Waals surface area contributed by atoms with Gasteiger partial charge in [0.1, 0.15) is 11.6 Å². The summed E-state index contributed by atoms with van der Waals surface area (Å²) in [6, 6.07) is 12.4. The molecular weight excluding hydrogens is 340 g/mol. The van der Waals surface area contributed by atoms with E-state index in [1.165, 1.54) is 6.07 Å². The Morgan fingerprint density at radius 2 is 1.85 bits per heavy atom. The van der Waals surface area contributed by atoms with Crippen molar-refractivity contribution >= 4 is 11.7 Å². The van der Waals surface area contributed by atoms with E-state index in [2.05, 4.69) is 15.5 Å². The number of ether oxygens (including phenoxy) is 1. The van der Waals surface area contributed by atoms with Gasteiger partial charge in [0.2, 0.25) is 0 Å². The van der Waals surface area contributed by atoms with Crippen LogP contribution in [0, 0.1) is 11.6 Å². The van der Waals surface area contributed by atoms with Crippen LogP contribution in [0.25, 0.3) is 0 Å². The number of anilines is 1. The third kappa shape index (κ3) is 4.77. The summed E-state index contributed by atoms with van der Waals surface area (Å²) < 4.78 is 32.0. The van der Waals surface area contributed by atoms with E-state index < -0.39 is 17.7 Å². The van der Waals surface area contributed by atoms with Gasteiger partial charge in [-0.15, -0.1) is 0 Å². The highest BCUT2D eigenvalue weighted by atomic mass is 19.1. The van der Waals surface area contributed by atoms with Gasteiger partial charge in [-0.1, -0.05) is 30.3 Å². The molecule has 2 aromatic carbocycles. The van der Waals surface area contributed by atoms with Crippen LogP contribution in [-0.2, 0) is 4.74 Å². The third-order valence-electron chi connectivity index (χ3n) is 4.31. The van der Waals surface area contributed by atoms with Gasteiger partial charge >= 0.3 is 6.03 Å². The van der Waals surface area contributed by atoms with Crippen LogP contribution in [0.4, 0.5) is 19.3 Å². The Morgan fingerprint density at radius 1 is 1.12 bits per heavy atom. The molecule has 0 saturated carbocycles. The van der Waals surface area contributed by atoms with Gasteiger partial charge < -0.3 is 15.4 Å². The average molecular weight is 361 g/mol. The molecule has 2 N–H and O–H groups in total. The zero-order valence-corrected chi connectivity index (χ0v) is 14.3. The number of halogens is 2. The normalized spacial score (nSPS) is 16.1. The van der Waals surface area contributed by atoms with Crippen LogP contribution >= 0.6 is 0 Å². The Bertz CT molecular complexity index is 737. The summed E-state index contributed by atoms with van der Waals surface area (Å²) in [6.07, 6.45) is 0. The van der Waals surface area contributed by atoms with Crippen molar-refractivity contribution in [1.82, 2.24) is 10.2 Å². The van der Waals surface area contributed by atoms with Crippen molar-refractivity contribution in [2.24, 2.45) is 0 Å². The monoisotopic (exact) mass is 361 g/mol. The van der Waals surface area contributed by atoms with Gasteiger partial charge in [0.25, 0.3) is 0 Å². The molecule has 0 aromatic heterocycles. The Hall–Kier alpha value is -2.51. The van der Waals surface area contributed by atoms with Gasteiger partial charge in [-0.25, -0.2) is 13.6 Å². The average Bonchev–Trinajstić information content (AvgIpc) is 2.66. The number of nitrogens with zero attached hydrogens (tertiary/aromatic N) is 1. The van der Waals surface area contributed by atoms with Crippen molar-refractivity contribution in [3.05, 3.63) is 65.7 Å². The first kappa shape index (κ1) is 18.3. The van der Waals surface area contributed by atoms with E-state index in [0.717, 1.165) is 30.8 Å². The van der Waals surface area contributed by atoms with Gasteiger partial charge in [0, 0.05) is 25.7 Å². The number of hydrogen-bond donors (Lipinski definition) is 2. The van der Waals surface area contributed by atoms with E-state index in [1.54, 1.807) is 0 Å². The van der Waals surface area contributed by atoms with E-state index in [4.69, 9.17) is 4.74 Å². The van der Waals surface area contributed by atoms with Crippen molar-refractivity contribution in [1.29, 1.82) is 0 Å². The Morgan fingerprint density at radius 3 is 2.54 bits per heavy atom. The Kier molecular flexibility index (Phi) is 6.14. The molecule has 1 atom stereocenters. The number of rotatable bonds is 5. The molecule has 0 spiro atoms. The molecule has 3 rings (SSSR count). The fourth-order valence-corrected chi connectivity index (χ4v) is 2.97. The van der Waals surface area contributed by atoms with Crippen molar-refractivity contribution in [3.8, 4) is 0 Å². The maximum atomic E-state index is 13.7. The minimum Gasteiger partial charge on any atom is -0.379 e. The minimum absolute atomic E-state index is 0.0103. The largest absolute Gasteiger partial charge is 0.379 e. The number of carbonyl (C=O) groups excluding carboxylic acids is 1. The molecule has 138 valence electrons. The zero-order valence-electron chi connectivity index (χ0n) is 14.3. The van der Waals surface area contributed by atoms with E-state index in [0.29, 0.717) is 19.8 Å². The molecule has 1 aliphatic rings. The van der Waals surface area contributed by atoms with Gasteiger partial charge in [0.05, 0.1) is 24.9 Å². The van der Waals surface area contributed by atoms with Crippen molar-refractivity contribution in [2.75, 3.05) is 38.2 Å². The van der Waals surface area contributed by atoms with Crippen LogP contribution in [0.15, 0.2) is 48.5 Å². The number of hydrogen-bond acceptors (Lipinski definition) is 3. The predicted octanol–water partition coefficient (Wildman–Crippen LogP) is 3.16. The lowest BCUT2D eigenvalue weighted by molar-refractivity contribution is 0.0168. The van der Waals surface area contributed by atoms with Crippen LogP contribution in [0.2, 0.25) is 0 Å². The molecule has 0 aliphatic carbocycles. The van der Waals surface area contributed by atoms with Crippen LogP contribution in [0.5, 0.6) is 0 Å². The molecule has 1 fully saturated rings. The van der Waals surface area contributed by atoms with Crippen molar-refractivity contribution in [3.63, 3.8) is 0 Å². The van der Waals surface area contributed by atoms with Crippen molar-refractivity contribution < 1.29 is 18.3 Å². The number of nitrogens with one attached hydrogen (secondary N) is 2. The van der Waals surface area contributed by atoms with Gasteiger partial charge in [-0.2, -0.15) is 0 Å². The number of amides is 2. The van der Waals surface area contributed by atoms with Crippen LogP contribution in [-0.4, -0.2) is 43.8 Å². The maximum Gasteiger partial charge on any atom is 0.319 e. The molecule has 1 unspecified atom stereocenters. The molecule has 0 radical (unpaired) electrons.